The van der Waals surface area contributed by atoms with Gasteiger partial charge in [-0.2, -0.15) is 0 Å². The predicted octanol–water partition coefficient (Wildman–Crippen LogP) is 3.98. The number of hydrogen-bond donors (Lipinski definition) is 1. The summed E-state index contributed by atoms with van der Waals surface area (Å²) >= 11 is 12.0. The fourth-order valence-corrected chi connectivity index (χ4v) is 2.85. The molecule has 2 unspecified atom stereocenters. The SMILES string of the molecule is Fc1ccc(Cl)c(CNCC2CCC(Cl)C2)c1. The van der Waals surface area contributed by atoms with Crippen LogP contribution in [-0.2, 0) is 6.54 Å². The van der Waals surface area contributed by atoms with Gasteiger partial charge in [-0.05, 0) is 55.5 Å². The van der Waals surface area contributed by atoms with Crippen molar-refractivity contribution >= 4 is 23.2 Å². The van der Waals surface area contributed by atoms with Crippen LogP contribution in [0.1, 0.15) is 24.8 Å². The maximum Gasteiger partial charge on any atom is 0.123 e. The molecule has 0 amide bonds. The maximum atomic E-state index is 13.0. The van der Waals surface area contributed by atoms with Crippen molar-refractivity contribution in [2.45, 2.75) is 31.2 Å². The van der Waals surface area contributed by atoms with E-state index >= 15 is 0 Å². The Balaban J connectivity index is 1.80. The molecule has 2 atom stereocenters. The van der Waals surface area contributed by atoms with E-state index in [1.165, 1.54) is 18.6 Å². The molecule has 17 heavy (non-hydrogen) atoms. The molecule has 1 saturated carbocycles. The van der Waals surface area contributed by atoms with Gasteiger partial charge in [-0.3, -0.25) is 0 Å². The summed E-state index contributed by atoms with van der Waals surface area (Å²) in [5, 5.41) is 4.27. The monoisotopic (exact) mass is 275 g/mol. The Morgan fingerprint density at radius 2 is 2.18 bits per heavy atom. The summed E-state index contributed by atoms with van der Waals surface area (Å²) in [5.41, 5.74) is 0.812. The molecule has 1 nitrogen and oxygen atoms in total. The predicted molar refractivity (Wildman–Crippen MR) is 70.1 cm³/mol. The highest BCUT2D eigenvalue weighted by atomic mass is 35.5. The Bertz CT molecular complexity index is 384. The Morgan fingerprint density at radius 3 is 2.88 bits per heavy atom. The number of hydrogen-bond acceptors (Lipinski definition) is 1. The fraction of sp³-hybridized carbons (Fsp3) is 0.538. The third-order valence-corrected chi connectivity index (χ3v) is 4.00. The van der Waals surface area contributed by atoms with Gasteiger partial charge in [0.2, 0.25) is 0 Å². The molecule has 0 radical (unpaired) electrons. The lowest BCUT2D eigenvalue weighted by Crippen LogP contribution is -2.21. The van der Waals surface area contributed by atoms with E-state index in [-0.39, 0.29) is 5.82 Å². The second kappa shape index (κ2) is 6.03. The van der Waals surface area contributed by atoms with Gasteiger partial charge >= 0.3 is 0 Å². The first kappa shape index (κ1) is 13.1. The first-order valence-electron chi connectivity index (χ1n) is 5.94. The Kier molecular flexibility index (Phi) is 4.66. The fourth-order valence-electron chi connectivity index (χ4n) is 2.29. The standard InChI is InChI=1S/C13H16Cl2FN/c14-11-2-1-9(5-11)7-17-8-10-6-12(16)3-4-13(10)15/h3-4,6,9,11,17H,1-2,5,7-8H2. The Hall–Kier alpha value is -0.310. The van der Waals surface area contributed by atoms with Gasteiger partial charge in [0, 0.05) is 16.9 Å². The molecular formula is C13H16Cl2FN. The van der Waals surface area contributed by atoms with E-state index < -0.39 is 0 Å². The minimum Gasteiger partial charge on any atom is -0.312 e. The number of alkyl halides is 1. The molecule has 1 fully saturated rings. The van der Waals surface area contributed by atoms with E-state index in [2.05, 4.69) is 5.32 Å². The average molecular weight is 276 g/mol. The molecule has 1 N–H and O–H groups in total. The van der Waals surface area contributed by atoms with Gasteiger partial charge in [0.25, 0.3) is 0 Å². The summed E-state index contributed by atoms with van der Waals surface area (Å²) in [6.07, 6.45) is 3.36. The van der Waals surface area contributed by atoms with Crippen molar-refractivity contribution < 1.29 is 4.39 Å². The lowest BCUT2D eigenvalue weighted by atomic mass is 10.1. The van der Waals surface area contributed by atoms with Crippen LogP contribution in [0.15, 0.2) is 18.2 Å². The zero-order valence-corrected chi connectivity index (χ0v) is 11.1. The lowest BCUT2D eigenvalue weighted by molar-refractivity contribution is 0.489. The van der Waals surface area contributed by atoms with Crippen LogP contribution < -0.4 is 5.32 Å². The van der Waals surface area contributed by atoms with E-state index in [0.717, 1.165) is 24.9 Å². The van der Waals surface area contributed by atoms with Crippen LogP contribution in [0.25, 0.3) is 0 Å². The smallest absolute Gasteiger partial charge is 0.123 e. The van der Waals surface area contributed by atoms with E-state index in [9.17, 15) is 4.39 Å². The van der Waals surface area contributed by atoms with Crippen molar-refractivity contribution in [1.82, 2.24) is 5.32 Å². The normalized spacial score (nSPS) is 24.2. The van der Waals surface area contributed by atoms with E-state index in [4.69, 9.17) is 23.2 Å². The van der Waals surface area contributed by atoms with Gasteiger partial charge in [-0.25, -0.2) is 4.39 Å². The summed E-state index contributed by atoms with van der Waals surface area (Å²) in [5.74, 6) is 0.401. The number of nitrogens with one attached hydrogen (secondary N) is 1. The summed E-state index contributed by atoms with van der Waals surface area (Å²) < 4.78 is 13.0. The molecule has 1 aromatic rings. The van der Waals surface area contributed by atoms with Crippen molar-refractivity contribution in [2.75, 3.05) is 6.54 Å². The average Bonchev–Trinajstić information content (AvgIpc) is 2.69. The molecule has 0 aliphatic heterocycles. The zero-order valence-electron chi connectivity index (χ0n) is 9.56. The van der Waals surface area contributed by atoms with Gasteiger partial charge in [-0.1, -0.05) is 11.6 Å². The van der Waals surface area contributed by atoms with E-state index in [0.29, 0.717) is 22.9 Å². The summed E-state index contributed by atoms with van der Waals surface area (Å²) in [4.78, 5) is 0. The molecule has 1 aromatic carbocycles. The van der Waals surface area contributed by atoms with Gasteiger partial charge < -0.3 is 5.32 Å². The van der Waals surface area contributed by atoms with Gasteiger partial charge in [-0.15, -0.1) is 11.6 Å². The first-order valence-corrected chi connectivity index (χ1v) is 6.75. The topological polar surface area (TPSA) is 12.0 Å². The van der Waals surface area contributed by atoms with Crippen LogP contribution in [0.4, 0.5) is 4.39 Å². The Morgan fingerprint density at radius 1 is 1.35 bits per heavy atom. The molecular weight excluding hydrogens is 260 g/mol. The van der Waals surface area contributed by atoms with Gasteiger partial charge in [0.05, 0.1) is 0 Å². The number of benzene rings is 1. The highest BCUT2D eigenvalue weighted by Crippen LogP contribution is 2.28. The van der Waals surface area contributed by atoms with Crippen LogP contribution in [0, 0.1) is 11.7 Å². The maximum absolute atomic E-state index is 13.0. The lowest BCUT2D eigenvalue weighted by Gasteiger charge is -2.11. The number of rotatable bonds is 4. The molecule has 1 aliphatic rings. The molecule has 0 spiro atoms. The van der Waals surface area contributed by atoms with Gasteiger partial charge in [0.15, 0.2) is 0 Å². The van der Waals surface area contributed by atoms with Crippen LogP contribution in [-0.4, -0.2) is 11.9 Å². The summed E-state index contributed by atoms with van der Waals surface area (Å²) in [6, 6.07) is 4.45. The van der Waals surface area contributed by atoms with Crippen LogP contribution in [0.2, 0.25) is 5.02 Å². The number of halogens is 3. The van der Waals surface area contributed by atoms with Crippen molar-refractivity contribution in [3.8, 4) is 0 Å². The second-order valence-corrected chi connectivity index (χ2v) is 5.67. The van der Waals surface area contributed by atoms with Crippen LogP contribution in [0.3, 0.4) is 0 Å². The van der Waals surface area contributed by atoms with Crippen molar-refractivity contribution in [2.24, 2.45) is 5.92 Å². The van der Waals surface area contributed by atoms with Crippen LogP contribution in [0.5, 0.6) is 0 Å². The molecule has 2 rings (SSSR count). The minimum absolute atomic E-state index is 0.243. The van der Waals surface area contributed by atoms with Crippen LogP contribution >= 0.6 is 23.2 Å². The largest absolute Gasteiger partial charge is 0.312 e. The molecule has 1 aliphatic carbocycles. The first-order chi connectivity index (χ1) is 8.15. The van der Waals surface area contributed by atoms with E-state index in [1.807, 2.05) is 0 Å². The highest BCUT2D eigenvalue weighted by molar-refractivity contribution is 6.31. The van der Waals surface area contributed by atoms with E-state index in [1.54, 1.807) is 6.07 Å². The highest BCUT2D eigenvalue weighted by Gasteiger charge is 2.22. The zero-order chi connectivity index (χ0) is 12.3. The van der Waals surface area contributed by atoms with Crippen molar-refractivity contribution in [1.29, 1.82) is 0 Å². The minimum atomic E-state index is -0.243. The second-order valence-electron chi connectivity index (χ2n) is 4.64. The van der Waals surface area contributed by atoms with Crippen molar-refractivity contribution in [3.63, 3.8) is 0 Å². The molecule has 0 bridgehead atoms. The summed E-state index contributed by atoms with van der Waals surface area (Å²) in [6.45, 7) is 1.54. The van der Waals surface area contributed by atoms with Crippen molar-refractivity contribution in [3.05, 3.63) is 34.6 Å². The summed E-state index contributed by atoms with van der Waals surface area (Å²) in [7, 11) is 0. The molecule has 0 aromatic heterocycles. The molecule has 4 heteroatoms. The molecule has 94 valence electrons. The molecule has 0 saturated heterocycles. The third-order valence-electron chi connectivity index (χ3n) is 3.23. The Labute approximate surface area is 111 Å². The third kappa shape index (κ3) is 3.84. The molecule has 0 heterocycles. The quantitative estimate of drug-likeness (QED) is 0.820. The van der Waals surface area contributed by atoms with Gasteiger partial charge in [0.1, 0.15) is 5.82 Å².